The normalized spacial score (nSPS) is 12.0. The number of benzene rings is 4. The Hall–Kier alpha value is -4.63. The largest absolute Gasteiger partial charge is 0.508 e. The molecule has 2 N–H and O–H groups in total. The fourth-order valence-electron chi connectivity index (χ4n) is 5.10. The third-order valence-electron chi connectivity index (χ3n) is 7.59. The first-order valence-corrected chi connectivity index (χ1v) is 16.0. The van der Waals surface area contributed by atoms with Gasteiger partial charge in [0.15, 0.2) is 11.2 Å². The molecule has 0 unspecified atom stereocenters. The smallest absolute Gasteiger partial charge is 0.227 e. The zero-order chi connectivity index (χ0) is 30.1. The minimum Gasteiger partial charge on any atom is -0.508 e. The van der Waals surface area contributed by atoms with Crippen molar-refractivity contribution in [1.82, 2.24) is 9.97 Å². The van der Waals surface area contributed by atoms with E-state index in [0.717, 1.165) is 49.7 Å². The zero-order valence-corrected chi connectivity index (χ0v) is 24.8. The van der Waals surface area contributed by atoms with E-state index < -0.39 is 9.84 Å². The SMILES string of the molecule is CCCCc1cc(-c2nc3cc(S(=O)(=O)c4ccc5oc(-c6ccc(O)c(CCCC)c6)nc5c4)ccc3o2)ccc1O. The summed E-state index contributed by atoms with van der Waals surface area (Å²) in [4.78, 5) is 9.29. The lowest BCUT2D eigenvalue weighted by atomic mass is 10.0. The maximum atomic E-state index is 13.7. The van der Waals surface area contributed by atoms with Crippen molar-refractivity contribution in [3.05, 3.63) is 83.9 Å². The van der Waals surface area contributed by atoms with Crippen molar-refractivity contribution >= 4 is 32.0 Å². The number of phenolic OH excluding ortho intramolecular Hbond substituents is 2. The quantitative estimate of drug-likeness (QED) is 0.162. The van der Waals surface area contributed by atoms with Gasteiger partial charge in [-0.25, -0.2) is 18.4 Å². The topological polar surface area (TPSA) is 127 Å². The molecule has 220 valence electrons. The fourth-order valence-corrected chi connectivity index (χ4v) is 6.40. The van der Waals surface area contributed by atoms with Crippen LogP contribution in [0.25, 0.3) is 45.1 Å². The highest BCUT2D eigenvalue weighted by Crippen LogP contribution is 2.33. The molecule has 43 heavy (non-hydrogen) atoms. The van der Waals surface area contributed by atoms with Crippen LogP contribution in [-0.2, 0) is 22.7 Å². The van der Waals surface area contributed by atoms with Gasteiger partial charge in [-0.1, -0.05) is 26.7 Å². The van der Waals surface area contributed by atoms with Gasteiger partial charge >= 0.3 is 0 Å². The number of oxazole rings is 2. The van der Waals surface area contributed by atoms with Crippen LogP contribution in [0, 0.1) is 0 Å². The number of aromatic hydroxyl groups is 2. The van der Waals surface area contributed by atoms with Crippen molar-refractivity contribution in [3.63, 3.8) is 0 Å². The zero-order valence-electron chi connectivity index (χ0n) is 24.0. The van der Waals surface area contributed by atoms with Gasteiger partial charge in [0.05, 0.1) is 9.79 Å². The summed E-state index contributed by atoms with van der Waals surface area (Å²) in [6.07, 6.45) is 5.39. The molecule has 2 heterocycles. The summed E-state index contributed by atoms with van der Waals surface area (Å²) >= 11 is 0. The highest BCUT2D eigenvalue weighted by molar-refractivity contribution is 7.91. The van der Waals surface area contributed by atoms with Crippen LogP contribution in [0.3, 0.4) is 0 Å². The summed E-state index contributed by atoms with van der Waals surface area (Å²) < 4.78 is 39.2. The summed E-state index contributed by atoms with van der Waals surface area (Å²) in [6.45, 7) is 4.19. The van der Waals surface area contributed by atoms with Crippen LogP contribution in [0.4, 0.5) is 0 Å². The second-order valence-electron chi connectivity index (χ2n) is 10.7. The lowest BCUT2D eigenvalue weighted by Gasteiger charge is -2.05. The molecule has 6 rings (SSSR count). The number of hydrogen-bond acceptors (Lipinski definition) is 8. The van der Waals surface area contributed by atoms with E-state index in [0.29, 0.717) is 45.1 Å². The van der Waals surface area contributed by atoms with E-state index in [1.807, 2.05) is 12.1 Å². The van der Waals surface area contributed by atoms with Gasteiger partial charge in [-0.15, -0.1) is 0 Å². The second kappa shape index (κ2) is 11.6. The predicted octanol–water partition coefficient (Wildman–Crippen LogP) is 8.23. The van der Waals surface area contributed by atoms with Gasteiger partial charge in [-0.05, 0) is 110 Å². The Morgan fingerprint density at radius 1 is 0.628 bits per heavy atom. The first-order valence-electron chi connectivity index (χ1n) is 14.5. The Morgan fingerprint density at radius 3 is 1.49 bits per heavy atom. The molecule has 2 aromatic heterocycles. The molecule has 0 radical (unpaired) electrons. The van der Waals surface area contributed by atoms with E-state index in [4.69, 9.17) is 8.83 Å². The van der Waals surface area contributed by atoms with Gasteiger partial charge in [0, 0.05) is 11.1 Å². The third kappa shape index (κ3) is 5.60. The minimum absolute atomic E-state index is 0.0800. The lowest BCUT2D eigenvalue weighted by Crippen LogP contribution is -2.01. The van der Waals surface area contributed by atoms with E-state index in [1.54, 1.807) is 36.4 Å². The number of unbranched alkanes of at least 4 members (excludes halogenated alkanes) is 2. The summed E-state index contributed by atoms with van der Waals surface area (Å²) in [5.41, 5.74) is 4.80. The van der Waals surface area contributed by atoms with Gasteiger partial charge in [0.2, 0.25) is 21.6 Å². The molecule has 0 saturated heterocycles. The Balaban J connectivity index is 1.31. The summed E-state index contributed by atoms with van der Waals surface area (Å²) in [7, 11) is -3.91. The minimum atomic E-state index is -3.91. The van der Waals surface area contributed by atoms with E-state index in [9.17, 15) is 18.6 Å². The van der Waals surface area contributed by atoms with Crippen LogP contribution in [0.15, 0.2) is 91.4 Å². The Kier molecular flexibility index (Phi) is 7.66. The van der Waals surface area contributed by atoms with Crippen molar-refractivity contribution < 1.29 is 27.5 Å². The van der Waals surface area contributed by atoms with Crippen molar-refractivity contribution in [2.75, 3.05) is 0 Å². The van der Waals surface area contributed by atoms with E-state index in [-0.39, 0.29) is 21.3 Å². The van der Waals surface area contributed by atoms with Crippen LogP contribution in [0.1, 0.15) is 50.7 Å². The molecule has 0 saturated carbocycles. The average molecular weight is 597 g/mol. The van der Waals surface area contributed by atoms with Gasteiger partial charge < -0.3 is 19.0 Å². The molecule has 0 bridgehead atoms. The summed E-state index contributed by atoms with van der Waals surface area (Å²) in [6, 6.07) is 19.7. The molecular weight excluding hydrogens is 564 g/mol. The Labute approximate surface area is 249 Å². The molecular formula is C34H32N2O6S. The van der Waals surface area contributed by atoms with Crippen LogP contribution in [0.2, 0.25) is 0 Å². The molecule has 0 amide bonds. The third-order valence-corrected chi connectivity index (χ3v) is 9.34. The van der Waals surface area contributed by atoms with Crippen molar-refractivity contribution in [1.29, 1.82) is 0 Å². The molecule has 0 fully saturated rings. The highest BCUT2D eigenvalue weighted by atomic mass is 32.2. The molecule has 4 aromatic carbocycles. The van der Waals surface area contributed by atoms with Crippen LogP contribution in [0.5, 0.6) is 11.5 Å². The number of hydrogen-bond donors (Lipinski definition) is 2. The second-order valence-corrected chi connectivity index (χ2v) is 12.6. The molecule has 6 aromatic rings. The van der Waals surface area contributed by atoms with Crippen molar-refractivity contribution in [3.8, 4) is 34.4 Å². The Bertz CT molecular complexity index is 1920. The standard InChI is InChI=1S/C34H32N2O6S/c1-3-5-7-21-17-23(9-13-29(21)37)33-35-27-19-25(11-15-31(27)41-33)43(39,40)26-12-16-32-28(20-26)36-34(42-32)24-10-14-30(38)22(18-24)8-6-4-2/h9-20,37-38H,3-8H2,1-2H3. The first-order chi connectivity index (χ1) is 20.8. The highest BCUT2D eigenvalue weighted by Gasteiger charge is 2.22. The number of fused-ring (bicyclic) bond motifs is 2. The van der Waals surface area contributed by atoms with E-state index in [1.165, 1.54) is 24.3 Å². The molecule has 0 aliphatic heterocycles. The first kappa shape index (κ1) is 28.5. The number of phenols is 2. The van der Waals surface area contributed by atoms with Gasteiger partial charge in [0.1, 0.15) is 22.5 Å². The molecule has 0 aliphatic carbocycles. The monoisotopic (exact) mass is 596 g/mol. The number of nitrogens with zero attached hydrogens (tertiary/aromatic N) is 2. The average Bonchev–Trinajstić information content (AvgIpc) is 3.64. The summed E-state index contributed by atoms with van der Waals surface area (Å²) in [5.74, 6) is 1.17. The van der Waals surface area contributed by atoms with Crippen LogP contribution >= 0.6 is 0 Å². The van der Waals surface area contributed by atoms with Crippen molar-refractivity contribution in [2.24, 2.45) is 0 Å². The predicted molar refractivity (Wildman–Crippen MR) is 165 cm³/mol. The van der Waals surface area contributed by atoms with Crippen molar-refractivity contribution in [2.45, 2.75) is 62.2 Å². The Morgan fingerprint density at radius 2 is 1.07 bits per heavy atom. The maximum Gasteiger partial charge on any atom is 0.227 e. The van der Waals surface area contributed by atoms with Gasteiger partial charge in [0.25, 0.3) is 0 Å². The molecule has 8 nitrogen and oxygen atoms in total. The maximum absolute atomic E-state index is 13.7. The van der Waals surface area contributed by atoms with E-state index in [2.05, 4.69) is 23.8 Å². The molecule has 0 atom stereocenters. The number of sulfone groups is 1. The van der Waals surface area contributed by atoms with Gasteiger partial charge in [-0.3, -0.25) is 0 Å². The fraction of sp³-hybridized carbons (Fsp3) is 0.235. The summed E-state index contributed by atoms with van der Waals surface area (Å²) in [5, 5.41) is 20.4. The number of rotatable bonds is 10. The number of aromatic nitrogens is 2. The van der Waals surface area contributed by atoms with Gasteiger partial charge in [-0.2, -0.15) is 0 Å². The molecule has 9 heteroatoms. The molecule has 0 spiro atoms. The molecule has 0 aliphatic rings. The lowest BCUT2D eigenvalue weighted by molar-refractivity contribution is 0.466. The van der Waals surface area contributed by atoms with Crippen LogP contribution < -0.4 is 0 Å². The number of aryl methyl sites for hydroxylation is 2. The van der Waals surface area contributed by atoms with E-state index >= 15 is 0 Å². The van der Waals surface area contributed by atoms with Crippen LogP contribution in [-0.4, -0.2) is 28.6 Å².